The number of H-pyrrole nitrogens is 1. The molecule has 2 heterocycles. The highest BCUT2D eigenvalue weighted by atomic mass is 14.7. The molecular formula is C15H20N2. The third-order valence-electron chi connectivity index (χ3n) is 2.31. The molecule has 3 aromatic rings. The highest BCUT2D eigenvalue weighted by Gasteiger charge is 2.00. The molecule has 2 heteroatoms. The molecule has 2 aromatic heterocycles. The lowest BCUT2D eigenvalue weighted by Crippen LogP contribution is -1.68. The highest BCUT2D eigenvalue weighted by Crippen LogP contribution is 2.23. The van der Waals surface area contributed by atoms with Crippen molar-refractivity contribution in [2.45, 2.75) is 27.7 Å². The predicted octanol–water partition coefficient (Wildman–Crippen LogP) is 4.77. The van der Waals surface area contributed by atoms with Crippen molar-refractivity contribution in [3.63, 3.8) is 0 Å². The number of para-hydroxylation sites is 1. The van der Waals surface area contributed by atoms with E-state index in [2.05, 4.69) is 28.2 Å². The van der Waals surface area contributed by atoms with Crippen LogP contribution in [-0.2, 0) is 0 Å². The second-order valence-electron chi connectivity index (χ2n) is 3.09. The molecular weight excluding hydrogens is 208 g/mol. The molecule has 0 unspecified atom stereocenters. The minimum Gasteiger partial charge on any atom is -0.353 e. The van der Waals surface area contributed by atoms with Crippen molar-refractivity contribution in [2.24, 2.45) is 0 Å². The van der Waals surface area contributed by atoms with Gasteiger partial charge in [-0.3, -0.25) is 4.98 Å². The molecule has 0 saturated heterocycles. The van der Waals surface area contributed by atoms with Gasteiger partial charge in [0, 0.05) is 22.5 Å². The van der Waals surface area contributed by atoms with Gasteiger partial charge in [-0.25, -0.2) is 0 Å². The van der Waals surface area contributed by atoms with E-state index < -0.39 is 0 Å². The third kappa shape index (κ3) is 2.64. The molecule has 90 valence electrons. The fourth-order valence-corrected chi connectivity index (χ4v) is 1.70. The van der Waals surface area contributed by atoms with E-state index in [0.29, 0.717) is 0 Å². The lowest BCUT2D eigenvalue weighted by Gasteiger charge is -1.87. The lowest BCUT2D eigenvalue weighted by molar-refractivity contribution is 1.35. The SMILES string of the molecule is CC.CC.c1ccc2c(c1)[nH]c1cnccc12. The van der Waals surface area contributed by atoms with Crippen molar-refractivity contribution in [3.8, 4) is 0 Å². The van der Waals surface area contributed by atoms with Gasteiger partial charge in [0.25, 0.3) is 0 Å². The molecule has 2 nitrogen and oxygen atoms in total. The minimum absolute atomic E-state index is 1.10. The smallest absolute Gasteiger partial charge is 0.0651 e. The largest absolute Gasteiger partial charge is 0.353 e. The van der Waals surface area contributed by atoms with Crippen LogP contribution in [-0.4, -0.2) is 9.97 Å². The number of nitrogens with one attached hydrogen (secondary N) is 1. The Bertz CT molecular complexity index is 517. The molecule has 0 aliphatic rings. The number of nitrogens with zero attached hydrogens (tertiary/aromatic N) is 1. The number of aromatic amines is 1. The number of benzene rings is 1. The standard InChI is InChI=1S/C11H8N2.2C2H6/c1-2-4-10-8(3-1)9-5-6-12-7-11(9)13-10;2*1-2/h1-7,13H;2*1-2H3. The fraction of sp³-hybridized carbons (Fsp3) is 0.267. The summed E-state index contributed by atoms with van der Waals surface area (Å²) in [6.45, 7) is 8.00. The molecule has 0 bridgehead atoms. The van der Waals surface area contributed by atoms with Gasteiger partial charge in [-0.15, -0.1) is 0 Å². The third-order valence-corrected chi connectivity index (χ3v) is 2.31. The van der Waals surface area contributed by atoms with Crippen LogP contribution in [0, 0.1) is 0 Å². The Morgan fingerprint density at radius 1 is 0.824 bits per heavy atom. The van der Waals surface area contributed by atoms with Gasteiger partial charge in [-0.05, 0) is 12.1 Å². The van der Waals surface area contributed by atoms with E-state index in [1.54, 1.807) is 0 Å². The van der Waals surface area contributed by atoms with Crippen LogP contribution in [0.5, 0.6) is 0 Å². The zero-order valence-electron chi connectivity index (χ0n) is 11.0. The Balaban J connectivity index is 0.000000330. The van der Waals surface area contributed by atoms with E-state index in [9.17, 15) is 0 Å². The van der Waals surface area contributed by atoms with Gasteiger partial charge in [0.1, 0.15) is 0 Å². The van der Waals surface area contributed by atoms with Crippen molar-refractivity contribution < 1.29 is 0 Å². The first-order chi connectivity index (χ1) is 8.45. The Labute approximate surface area is 103 Å². The van der Waals surface area contributed by atoms with Crippen LogP contribution in [0.25, 0.3) is 21.8 Å². The van der Waals surface area contributed by atoms with Gasteiger partial charge in [0.15, 0.2) is 0 Å². The van der Waals surface area contributed by atoms with Gasteiger partial charge in [-0.2, -0.15) is 0 Å². The number of rotatable bonds is 0. The number of hydrogen-bond acceptors (Lipinski definition) is 1. The number of fused-ring (bicyclic) bond motifs is 3. The molecule has 3 rings (SSSR count). The predicted molar refractivity (Wildman–Crippen MR) is 76.3 cm³/mol. The van der Waals surface area contributed by atoms with E-state index in [1.807, 2.05) is 52.2 Å². The van der Waals surface area contributed by atoms with Crippen molar-refractivity contribution in [3.05, 3.63) is 42.7 Å². The molecule has 17 heavy (non-hydrogen) atoms. The fourth-order valence-electron chi connectivity index (χ4n) is 1.70. The molecule has 1 aromatic carbocycles. The van der Waals surface area contributed by atoms with Gasteiger partial charge < -0.3 is 4.98 Å². The topological polar surface area (TPSA) is 28.7 Å². The van der Waals surface area contributed by atoms with Crippen LogP contribution in [0.3, 0.4) is 0 Å². The molecule has 1 N–H and O–H groups in total. The number of pyridine rings is 1. The summed E-state index contributed by atoms with van der Waals surface area (Å²) in [6, 6.07) is 10.3. The molecule has 0 aliphatic heterocycles. The summed E-state index contributed by atoms with van der Waals surface area (Å²) in [7, 11) is 0. The monoisotopic (exact) mass is 228 g/mol. The summed E-state index contributed by atoms with van der Waals surface area (Å²) >= 11 is 0. The first kappa shape index (κ1) is 13.2. The average molecular weight is 228 g/mol. The number of aromatic nitrogens is 2. The molecule has 0 fully saturated rings. The summed E-state index contributed by atoms with van der Waals surface area (Å²) in [5.41, 5.74) is 2.27. The summed E-state index contributed by atoms with van der Waals surface area (Å²) in [5, 5.41) is 2.51. The second-order valence-corrected chi connectivity index (χ2v) is 3.09. The quantitative estimate of drug-likeness (QED) is 0.590. The van der Waals surface area contributed by atoms with Crippen molar-refractivity contribution in [1.29, 1.82) is 0 Å². The number of hydrogen-bond donors (Lipinski definition) is 1. The van der Waals surface area contributed by atoms with E-state index in [4.69, 9.17) is 0 Å². The van der Waals surface area contributed by atoms with Crippen molar-refractivity contribution >= 4 is 21.8 Å². The van der Waals surface area contributed by atoms with Crippen molar-refractivity contribution in [1.82, 2.24) is 9.97 Å². The summed E-state index contributed by atoms with van der Waals surface area (Å²) < 4.78 is 0. The van der Waals surface area contributed by atoms with Crippen LogP contribution in [0.2, 0.25) is 0 Å². The van der Waals surface area contributed by atoms with Gasteiger partial charge in [-0.1, -0.05) is 45.9 Å². The van der Waals surface area contributed by atoms with E-state index >= 15 is 0 Å². The Morgan fingerprint density at radius 3 is 2.24 bits per heavy atom. The van der Waals surface area contributed by atoms with Crippen LogP contribution < -0.4 is 0 Å². The Hall–Kier alpha value is -1.83. The summed E-state index contributed by atoms with van der Waals surface area (Å²) in [6.07, 6.45) is 3.68. The first-order valence-corrected chi connectivity index (χ1v) is 6.25. The van der Waals surface area contributed by atoms with Gasteiger partial charge in [0.05, 0.1) is 11.7 Å². The normalized spacial score (nSPS) is 9.18. The van der Waals surface area contributed by atoms with E-state index in [0.717, 1.165) is 5.52 Å². The minimum atomic E-state index is 1.10. The molecule has 0 amide bonds. The molecule has 0 spiro atoms. The molecule has 0 saturated carbocycles. The highest BCUT2D eigenvalue weighted by molar-refractivity contribution is 6.06. The zero-order chi connectivity index (χ0) is 12.7. The zero-order valence-corrected chi connectivity index (χ0v) is 11.0. The molecule has 0 aliphatic carbocycles. The average Bonchev–Trinajstić information content (AvgIpc) is 2.82. The second kappa shape index (κ2) is 6.69. The van der Waals surface area contributed by atoms with E-state index in [-0.39, 0.29) is 0 Å². The van der Waals surface area contributed by atoms with Gasteiger partial charge in [0.2, 0.25) is 0 Å². The van der Waals surface area contributed by atoms with E-state index in [1.165, 1.54) is 16.3 Å². The maximum atomic E-state index is 4.08. The van der Waals surface area contributed by atoms with Gasteiger partial charge >= 0.3 is 0 Å². The van der Waals surface area contributed by atoms with Crippen LogP contribution in [0.15, 0.2) is 42.7 Å². The molecule has 0 atom stereocenters. The van der Waals surface area contributed by atoms with Crippen LogP contribution >= 0.6 is 0 Å². The van der Waals surface area contributed by atoms with Crippen LogP contribution in [0.1, 0.15) is 27.7 Å². The summed E-state index contributed by atoms with van der Waals surface area (Å²) in [4.78, 5) is 7.39. The maximum absolute atomic E-state index is 4.08. The van der Waals surface area contributed by atoms with Crippen LogP contribution in [0.4, 0.5) is 0 Å². The Morgan fingerprint density at radius 2 is 1.47 bits per heavy atom. The first-order valence-electron chi connectivity index (χ1n) is 6.25. The maximum Gasteiger partial charge on any atom is 0.0651 e. The van der Waals surface area contributed by atoms with Crippen molar-refractivity contribution in [2.75, 3.05) is 0 Å². The summed E-state index contributed by atoms with van der Waals surface area (Å²) in [5.74, 6) is 0. The Kier molecular flexibility index (Phi) is 5.21. The molecule has 0 radical (unpaired) electrons. The lowest BCUT2D eigenvalue weighted by atomic mass is 10.2.